The summed E-state index contributed by atoms with van der Waals surface area (Å²) in [5.74, 6) is 1.85. The van der Waals surface area contributed by atoms with Crippen molar-refractivity contribution in [2.45, 2.75) is 0 Å². The van der Waals surface area contributed by atoms with Gasteiger partial charge in [0.15, 0.2) is 6.61 Å². The van der Waals surface area contributed by atoms with Crippen LogP contribution in [0.1, 0.15) is 10.4 Å². The van der Waals surface area contributed by atoms with E-state index in [-0.39, 0.29) is 6.61 Å². The molecule has 0 radical (unpaired) electrons. The van der Waals surface area contributed by atoms with Gasteiger partial charge in [-0.3, -0.25) is 0 Å². The Kier molecular flexibility index (Phi) is 4.40. The molecule has 0 aliphatic carbocycles. The molecule has 3 nitrogen and oxygen atoms in total. The van der Waals surface area contributed by atoms with Crippen molar-refractivity contribution < 1.29 is 9.53 Å². The van der Waals surface area contributed by atoms with E-state index in [1.807, 2.05) is 48.5 Å². The SMILES string of the molecule is C#CCOC(=O)c1cc(-c2ccccc2)nc2ccc(Br)cc12. The number of carbonyl (C=O) groups excluding carboxylic acids is 1. The van der Waals surface area contributed by atoms with E-state index in [4.69, 9.17) is 11.2 Å². The highest BCUT2D eigenvalue weighted by molar-refractivity contribution is 9.10. The molecule has 3 rings (SSSR count). The number of nitrogens with zero attached hydrogens (tertiary/aromatic N) is 1. The van der Waals surface area contributed by atoms with Crippen molar-refractivity contribution in [2.75, 3.05) is 6.61 Å². The van der Waals surface area contributed by atoms with E-state index < -0.39 is 5.97 Å². The van der Waals surface area contributed by atoms with Gasteiger partial charge in [0, 0.05) is 15.4 Å². The number of carbonyl (C=O) groups is 1. The Labute approximate surface area is 142 Å². The van der Waals surface area contributed by atoms with Gasteiger partial charge >= 0.3 is 5.97 Å². The Hall–Kier alpha value is -2.64. The number of ether oxygens (including phenoxy) is 1. The lowest BCUT2D eigenvalue weighted by molar-refractivity contribution is 0.0559. The molecule has 0 fully saturated rings. The first-order chi connectivity index (χ1) is 11.2. The van der Waals surface area contributed by atoms with E-state index in [2.05, 4.69) is 26.8 Å². The zero-order valence-electron chi connectivity index (χ0n) is 12.1. The summed E-state index contributed by atoms with van der Waals surface area (Å²) < 4.78 is 5.96. The number of fused-ring (bicyclic) bond motifs is 1. The summed E-state index contributed by atoms with van der Waals surface area (Å²) in [5.41, 5.74) is 2.82. The van der Waals surface area contributed by atoms with Crippen LogP contribution in [0.3, 0.4) is 0 Å². The zero-order chi connectivity index (χ0) is 16.2. The van der Waals surface area contributed by atoms with Crippen LogP contribution < -0.4 is 0 Å². The van der Waals surface area contributed by atoms with Gasteiger partial charge in [0.2, 0.25) is 0 Å². The van der Waals surface area contributed by atoms with E-state index in [0.717, 1.165) is 20.9 Å². The van der Waals surface area contributed by atoms with Crippen LogP contribution in [0.4, 0.5) is 0 Å². The number of terminal acetylenes is 1. The predicted octanol–water partition coefficient (Wildman–Crippen LogP) is 4.45. The van der Waals surface area contributed by atoms with Crippen molar-refractivity contribution >= 4 is 32.8 Å². The Morgan fingerprint density at radius 3 is 2.70 bits per heavy atom. The lowest BCUT2D eigenvalue weighted by Crippen LogP contribution is -2.07. The number of esters is 1. The summed E-state index contributed by atoms with van der Waals surface area (Å²) in [6.45, 7) is -0.0582. The van der Waals surface area contributed by atoms with E-state index in [1.165, 1.54) is 0 Å². The molecule has 112 valence electrons. The van der Waals surface area contributed by atoms with Crippen LogP contribution >= 0.6 is 15.9 Å². The van der Waals surface area contributed by atoms with E-state index in [1.54, 1.807) is 6.07 Å². The monoisotopic (exact) mass is 365 g/mol. The molecule has 1 heterocycles. The average molecular weight is 366 g/mol. The maximum absolute atomic E-state index is 12.4. The lowest BCUT2D eigenvalue weighted by atomic mass is 10.0. The fourth-order valence-electron chi connectivity index (χ4n) is 2.31. The summed E-state index contributed by atoms with van der Waals surface area (Å²) >= 11 is 3.42. The van der Waals surface area contributed by atoms with Crippen molar-refractivity contribution in [3.05, 3.63) is 64.6 Å². The fraction of sp³-hybridized carbons (Fsp3) is 0.0526. The van der Waals surface area contributed by atoms with Crippen LogP contribution in [0.25, 0.3) is 22.2 Å². The maximum atomic E-state index is 12.4. The molecule has 4 heteroatoms. The minimum absolute atomic E-state index is 0.0582. The third-order valence-corrected chi connectivity index (χ3v) is 3.84. The first-order valence-corrected chi connectivity index (χ1v) is 7.74. The van der Waals surface area contributed by atoms with Gasteiger partial charge < -0.3 is 4.74 Å². The van der Waals surface area contributed by atoms with E-state index >= 15 is 0 Å². The van der Waals surface area contributed by atoms with Gasteiger partial charge in [-0.25, -0.2) is 9.78 Å². The molecule has 0 amide bonds. The van der Waals surface area contributed by atoms with Crippen LogP contribution in [0.15, 0.2) is 59.1 Å². The molecule has 0 aliphatic rings. The second-order valence-electron chi connectivity index (χ2n) is 4.86. The van der Waals surface area contributed by atoms with Gasteiger partial charge in [-0.1, -0.05) is 52.2 Å². The first kappa shape index (κ1) is 15.3. The molecule has 0 saturated heterocycles. The van der Waals surface area contributed by atoms with Crippen LogP contribution in [-0.4, -0.2) is 17.6 Å². The first-order valence-electron chi connectivity index (χ1n) is 6.95. The molecule has 0 N–H and O–H groups in total. The van der Waals surface area contributed by atoms with E-state index in [0.29, 0.717) is 11.3 Å². The largest absolute Gasteiger partial charge is 0.449 e. The summed E-state index contributed by atoms with van der Waals surface area (Å²) in [7, 11) is 0. The number of pyridine rings is 1. The molecule has 0 spiro atoms. The van der Waals surface area contributed by atoms with Crippen molar-refractivity contribution in [3.8, 4) is 23.6 Å². The van der Waals surface area contributed by atoms with Crippen LogP contribution in [0.2, 0.25) is 0 Å². The highest BCUT2D eigenvalue weighted by atomic mass is 79.9. The molecule has 2 aromatic carbocycles. The number of rotatable bonds is 3. The number of hydrogen-bond donors (Lipinski definition) is 0. The molecular weight excluding hydrogens is 354 g/mol. The highest BCUT2D eigenvalue weighted by Gasteiger charge is 2.15. The predicted molar refractivity (Wildman–Crippen MR) is 94.0 cm³/mol. The third-order valence-electron chi connectivity index (χ3n) is 3.35. The quantitative estimate of drug-likeness (QED) is 0.508. The summed E-state index contributed by atoms with van der Waals surface area (Å²) in [6.07, 6.45) is 5.17. The summed E-state index contributed by atoms with van der Waals surface area (Å²) in [6, 6.07) is 17.0. The fourth-order valence-corrected chi connectivity index (χ4v) is 2.67. The maximum Gasteiger partial charge on any atom is 0.339 e. The van der Waals surface area contributed by atoms with Gasteiger partial charge in [-0.15, -0.1) is 6.42 Å². The molecule has 0 aliphatic heterocycles. The molecule has 23 heavy (non-hydrogen) atoms. The zero-order valence-corrected chi connectivity index (χ0v) is 13.7. The van der Waals surface area contributed by atoms with Crippen molar-refractivity contribution in [3.63, 3.8) is 0 Å². The minimum Gasteiger partial charge on any atom is -0.449 e. The standard InChI is InChI=1S/C19H12BrNO2/c1-2-10-23-19(22)16-12-18(13-6-4-3-5-7-13)21-17-9-8-14(20)11-15(16)17/h1,3-9,11-12H,10H2. The Morgan fingerprint density at radius 2 is 1.96 bits per heavy atom. The van der Waals surface area contributed by atoms with Crippen molar-refractivity contribution in [1.29, 1.82) is 0 Å². The number of halogens is 1. The van der Waals surface area contributed by atoms with Crippen LogP contribution in [-0.2, 0) is 4.74 Å². The lowest BCUT2D eigenvalue weighted by Gasteiger charge is -2.09. The van der Waals surface area contributed by atoms with Gasteiger partial charge in [0.25, 0.3) is 0 Å². The second kappa shape index (κ2) is 6.64. The van der Waals surface area contributed by atoms with Gasteiger partial charge in [-0.05, 0) is 24.3 Å². The smallest absolute Gasteiger partial charge is 0.339 e. The highest BCUT2D eigenvalue weighted by Crippen LogP contribution is 2.27. The summed E-state index contributed by atoms with van der Waals surface area (Å²) in [5, 5.41) is 0.723. The van der Waals surface area contributed by atoms with Crippen LogP contribution in [0.5, 0.6) is 0 Å². The molecule has 0 saturated carbocycles. The van der Waals surface area contributed by atoms with E-state index in [9.17, 15) is 4.79 Å². The number of aromatic nitrogens is 1. The summed E-state index contributed by atoms with van der Waals surface area (Å²) in [4.78, 5) is 17.0. The van der Waals surface area contributed by atoms with Crippen molar-refractivity contribution in [1.82, 2.24) is 4.98 Å². The molecule has 0 bridgehead atoms. The van der Waals surface area contributed by atoms with Gasteiger partial charge in [0.1, 0.15) is 0 Å². The third kappa shape index (κ3) is 3.25. The number of benzene rings is 2. The molecule has 0 atom stereocenters. The normalized spacial score (nSPS) is 10.3. The molecule has 1 aromatic heterocycles. The molecular formula is C19H12BrNO2. The van der Waals surface area contributed by atoms with Gasteiger partial charge in [-0.2, -0.15) is 0 Å². The van der Waals surface area contributed by atoms with Crippen LogP contribution in [0, 0.1) is 12.3 Å². The van der Waals surface area contributed by atoms with Gasteiger partial charge in [0.05, 0.1) is 16.8 Å². The topological polar surface area (TPSA) is 39.2 Å². The Morgan fingerprint density at radius 1 is 1.17 bits per heavy atom. The molecule has 0 unspecified atom stereocenters. The minimum atomic E-state index is -0.453. The average Bonchev–Trinajstić information content (AvgIpc) is 2.59. The number of hydrogen-bond acceptors (Lipinski definition) is 3. The Balaban J connectivity index is 2.20. The Bertz CT molecular complexity index is 914. The van der Waals surface area contributed by atoms with Crippen molar-refractivity contribution in [2.24, 2.45) is 0 Å². The molecule has 3 aromatic rings. The second-order valence-corrected chi connectivity index (χ2v) is 5.78.